The van der Waals surface area contributed by atoms with Crippen LogP contribution in [0, 0.1) is 0 Å². The average Bonchev–Trinajstić information content (AvgIpc) is 1.83. The summed E-state index contributed by atoms with van der Waals surface area (Å²) < 4.78 is 16.8. The molecule has 5 N–H and O–H groups in total. The number of aliphatic hydroxyl groups is 3. The van der Waals surface area contributed by atoms with Crippen LogP contribution in [-0.2, 0) is 19.6 Å². The highest BCUT2D eigenvalue weighted by atomic mass is 16.3. The van der Waals surface area contributed by atoms with Gasteiger partial charge in [0.15, 0.2) is 0 Å². The average molecular weight is 1240 g/mol. The van der Waals surface area contributed by atoms with Gasteiger partial charge in [-0.15, -0.1) is 0 Å². The van der Waals surface area contributed by atoms with Gasteiger partial charge in [0.1, 0.15) is 0 Å². The monoisotopic (exact) mass is 1240 g/mol. The Kier molecular flexibility index (Phi) is 21.5. The predicted octanol–water partition coefficient (Wildman–Crippen LogP) is 7.54. The number of rotatable bonds is 27. The molecular formula is C64H86N24O3. The fraction of sp³-hybridized carbons (Fsp3) is 0.438. The SMILES string of the molecule is CCC(CC)n1cc(-c2nc(-c3cnn(C[C@@H](O)CN(C)C)c3)cn3nccc23)cn1.CCC(CC)n1cc(-c2nc(-c3cnn(C[C@@H](O)CNC)c3)cn3nccc23)cn1.CCC(CC)n1cc(-c2nc(-c3cnn(C[C@H](O)CNC)c3)cn3nccc23)cn1. The van der Waals surface area contributed by atoms with Crippen LogP contribution in [0.25, 0.3) is 84.1 Å². The Morgan fingerprint density at radius 2 is 0.681 bits per heavy atom. The predicted molar refractivity (Wildman–Crippen MR) is 350 cm³/mol. The van der Waals surface area contributed by atoms with Gasteiger partial charge in [0.2, 0.25) is 0 Å². The zero-order chi connectivity index (χ0) is 64.1. The van der Waals surface area contributed by atoms with Gasteiger partial charge in [-0.2, -0.15) is 45.9 Å². The van der Waals surface area contributed by atoms with Crippen molar-refractivity contribution in [2.45, 2.75) is 136 Å². The molecule has 0 amide bonds. The maximum atomic E-state index is 10.2. The van der Waals surface area contributed by atoms with Crippen molar-refractivity contribution in [3.05, 3.63) is 130 Å². The second-order valence-electron chi connectivity index (χ2n) is 23.1. The van der Waals surface area contributed by atoms with Crippen LogP contribution in [0.4, 0.5) is 0 Å². The normalized spacial score (nSPS) is 12.9. The molecule has 0 aliphatic rings. The molecular weight excluding hydrogens is 1150 g/mol. The van der Waals surface area contributed by atoms with Crippen molar-refractivity contribution in [1.82, 2.24) is 118 Å². The smallest absolute Gasteiger partial charge is 0.0999 e. The van der Waals surface area contributed by atoms with Crippen molar-refractivity contribution in [1.29, 1.82) is 0 Å². The summed E-state index contributed by atoms with van der Waals surface area (Å²) in [5, 5.41) is 76.3. The maximum absolute atomic E-state index is 10.2. The summed E-state index contributed by atoms with van der Waals surface area (Å²) >= 11 is 0. The topological polar surface area (TPSA) is 285 Å². The van der Waals surface area contributed by atoms with E-state index in [0.29, 0.717) is 57.4 Å². The van der Waals surface area contributed by atoms with Gasteiger partial charge in [0, 0.05) is 90.2 Å². The Labute approximate surface area is 529 Å². The van der Waals surface area contributed by atoms with Crippen molar-refractivity contribution in [2.75, 3.05) is 47.8 Å². The summed E-state index contributed by atoms with van der Waals surface area (Å²) in [6.45, 7) is 15.9. The summed E-state index contributed by atoms with van der Waals surface area (Å²) in [7, 11) is 7.50. The molecule has 12 heterocycles. The Morgan fingerprint density at radius 1 is 0.385 bits per heavy atom. The number of hydrogen-bond acceptors (Lipinski definition) is 18. The molecule has 0 aromatic carbocycles. The van der Waals surface area contributed by atoms with Crippen molar-refractivity contribution in [2.24, 2.45) is 0 Å². The Hall–Kier alpha value is -9.12. The molecule has 0 radical (unpaired) electrons. The number of nitrogens with zero attached hydrogens (tertiary/aromatic N) is 22. The molecule has 0 fully saturated rings. The second-order valence-corrected chi connectivity index (χ2v) is 23.1. The van der Waals surface area contributed by atoms with E-state index in [9.17, 15) is 15.3 Å². The van der Waals surface area contributed by atoms with E-state index in [4.69, 9.17) is 15.0 Å². The van der Waals surface area contributed by atoms with E-state index in [2.05, 4.69) is 117 Å². The molecule has 91 heavy (non-hydrogen) atoms. The molecule has 12 aromatic heterocycles. The van der Waals surface area contributed by atoms with Crippen LogP contribution in [0.3, 0.4) is 0 Å². The third-order valence-electron chi connectivity index (χ3n) is 16.2. The van der Waals surface area contributed by atoms with Gasteiger partial charge >= 0.3 is 0 Å². The highest BCUT2D eigenvalue weighted by molar-refractivity contribution is 5.80. The fourth-order valence-electron chi connectivity index (χ4n) is 11.3. The number of aromatic nitrogens is 21. The molecule has 0 spiro atoms. The van der Waals surface area contributed by atoms with Crippen molar-refractivity contribution >= 4 is 16.6 Å². The molecule has 27 nitrogen and oxygen atoms in total. The van der Waals surface area contributed by atoms with Crippen LogP contribution in [0.2, 0.25) is 0 Å². The molecule has 12 aromatic rings. The van der Waals surface area contributed by atoms with Gasteiger partial charge in [0.05, 0.1) is 181 Å². The number of fused-ring (bicyclic) bond motifs is 3. The van der Waals surface area contributed by atoms with E-state index in [1.165, 1.54) is 0 Å². The van der Waals surface area contributed by atoms with Crippen LogP contribution in [0.5, 0.6) is 0 Å². The van der Waals surface area contributed by atoms with E-state index in [1.807, 2.05) is 135 Å². The third-order valence-corrected chi connectivity index (χ3v) is 16.2. The van der Waals surface area contributed by atoms with Gasteiger partial charge in [-0.05, 0) is 84.9 Å². The minimum absolute atomic E-state index is 0.379. The van der Waals surface area contributed by atoms with Crippen LogP contribution >= 0.6 is 0 Å². The van der Waals surface area contributed by atoms with Crippen LogP contribution < -0.4 is 10.6 Å². The molecule has 12 rings (SSSR count). The van der Waals surface area contributed by atoms with E-state index < -0.39 is 18.3 Å². The van der Waals surface area contributed by atoms with Crippen LogP contribution in [-0.4, -0.2) is 189 Å². The molecule has 0 bridgehead atoms. The maximum Gasteiger partial charge on any atom is 0.0999 e. The van der Waals surface area contributed by atoms with Crippen LogP contribution in [0.1, 0.15) is 98.2 Å². The fourth-order valence-corrected chi connectivity index (χ4v) is 11.3. The van der Waals surface area contributed by atoms with Crippen molar-refractivity contribution in [3.63, 3.8) is 0 Å². The molecule has 0 saturated carbocycles. The Bertz CT molecular complexity index is 4020. The van der Waals surface area contributed by atoms with Crippen LogP contribution in [0.15, 0.2) is 130 Å². The minimum atomic E-state index is -0.504. The lowest BCUT2D eigenvalue weighted by Crippen LogP contribution is -2.29. The summed E-state index contributed by atoms with van der Waals surface area (Å²) in [5.74, 6) is 0. The van der Waals surface area contributed by atoms with Gasteiger partial charge in [-0.1, -0.05) is 41.5 Å². The lowest BCUT2D eigenvalue weighted by molar-refractivity contribution is 0.116. The number of aliphatic hydroxyl groups excluding tert-OH is 3. The first-order valence-corrected chi connectivity index (χ1v) is 31.5. The van der Waals surface area contributed by atoms with Gasteiger partial charge in [-0.25, -0.2) is 28.5 Å². The van der Waals surface area contributed by atoms with Crippen molar-refractivity contribution in [3.8, 4) is 67.5 Å². The first kappa shape index (κ1) is 64.9. The number of nitrogens with one attached hydrogen (secondary N) is 2. The Balaban J connectivity index is 0.000000150. The van der Waals surface area contributed by atoms with E-state index in [-0.39, 0.29) is 0 Å². The second kappa shape index (κ2) is 30.1. The molecule has 3 atom stereocenters. The molecule has 0 aliphatic carbocycles. The highest BCUT2D eigenvalue weighted by Crippen LogP contribution is 2.32. The third kappa shape index (κ3) is 15.4. The molecule has 0 aliphatic heterocycles. The van der Waals surface area contributed by atoms with Gasteiger partial charge < -0.3 is 30.9 Å². The first-order valence-electron chi connectivity index (χ1n) is 31.5. The molecule has 480 valence electrons. The largest absolute Gasteiger partial charge is 0.390 e. The summed E-state index contributed by atoms with van der Waals surface area (Å²) in [5.41, 5.74) is 13.1. The van der Waals surface area contributed by atoms with E-state index in [0.717, 1.165) is 123 Å². The number of likely N-dealkylation sites (N-methyl/N-ethyl adjacent to an activating group) is 3. The van der Waals surface area contributed by atoms with Gasteiger partial charge in [0.25, 0.3) is 0 Å². The zero-order valence-corrected chi connectivity index (χ0v) is 53.8. The summed E-state index contributed by atoms with van der Waals surface area (Å²) in [6, 6.07) is 7.01. The van der Waals surface area contributed by atoms with E-state index in [1.54, 1.807) is 51.2 Å². The van der Waals surface area contributed by atoms with E-state index >= 15 is 0 Å². The molecule has 0 unspecified atom stereocenters. The minimum Gasteiger partial charge on any atom is -0.390 e. The Morgan fingerprint density at radius 3 is 0.967 bits per heavy atom. The molecule has 27 heteroatoms. The quantitative estimate of drug-likeness (QED) is 0.0332. The summed E-state index contributed by atoms with van der Waals surface area (Å²) in [6.07, 6.45) is 38.5. The number of hydrogen-bond donors (Lipinski definition) is 5. The first-order chi connectivity index (χ1) is 44.2. The highest BCUT2D eigenvalue weighted by Gasteiger charge is 2.21. The summed E-state index contributed by atoms with van der Waals surface area (Å²) in [4.78, 5) is 16.7. The van der Waals surface area contributed by atoms with Crippen molar-refractivity contribution < 1.29 is 15.3 Å². The lowest BCUT2D eigenvalue weighted by atomic mass is 10.1. The lowest BCUT2D eigenvalue weighted by Gasteiger charge is -2.15. The standard InChI is InChI=1S/C22H30N8O.2C21H28N8O/c1-5-18(6-2)29-12-17(10-25-29)22-21-7-8-23-30(21)15-20(26-22)16-9-24-28(11-16)14-19(31)13-27(3)4;2*1-4-17(5-2)28-12-16(9-25-28)21-20-6-7-23-29(20)14-19(26-21)15-8-24-27(11-15)13-18(30)10-22-3/h7-12,15,18-19,31H,5-6,13-14H2,1-4H3;2*6-9,11-12,14,17-18,22,30H,4-5,10,13H2,1-3H3/t19-;2*18-/m010/s1. The van der Waals surface area contributed by atoms with Gasteiger partial charge in [-0.3, -0.25) is 28.1 Å². The zero-order valence-electron chi connectivity index (χ0n) is 53.8. The molecule has 0 saturated heterocycles.